The van der Waals surface area contributed by atoms with Crippen LogP contribution in [0.1, 0.15) is 194 Å². The summed E-state index contributed by atoms with van der Waals surface area (Å²) in [7, 11) is 0. The molecule has 2 unspecified atom stereocenters. The minimum atomic E-state index is -1.24. The molecular formula is C61H117N18O11S+3. The summed E-state index contributed by atoms with van der Waals surface area (Å²) in [6.45, 7) is 8.55. The summed E-state index contributed by atoms with van der Waals surface area (Å²) in [5.41, 5.74) is 11.3. The minimum absolute atomic E-state index is 0.0699. The smallest absolute Gasteiger partial charge is 0.315 e. The molecule has 0 aromatic heterocycles. The summed E-state index contributed by atoms with van der Waals surface area (Å²) in [6, 6.07) is -7.22. The van der Waals surface area contributed by atoms with Gasteiger partial charge in [0.25, 0.3) is 0 Å². The van der Waals surface area contributed by atoms with E-state index in [2.05, 4.69) is 97.0 Å². The fourth-order valence-electron chi connectivity index (χ4n) is 10.9. The van der Waals surface area contributed by atoms with E-state index in [0.29, 0.717) is 130 Å². The van der Waals surface area contributed by atoms with Crippen molar-refractivity contribution in [2.75, 3.05) is 71.6 Å². The van der Waals surface area contributed by atoms with Gasteiger partial charge in [-0.15, -0.1) is 0 Å². The van der Waals surface area contributed by atoms with E-state index >= 15 is 0 Å². The summed E-state index contributed by atoms with van der Waals surface area (Å²) in [4.78, 5) is 148. The highest BCUT2D eigenvalue weighted by Gasteiger charge is 2.42. The Balaban J connectivity index is 1.81. The zero-order valence-corrected chi connectivity index (χ0v) is 55.6. The van der Waals surface area contributed by atoms with E-state index in [-0.39, 0.29) is 72.7 Å². The number of rotatable bonds is 46. The molecule has 3 saturated heterocycles. The summed E-state index contributed by atoms with van der Waals surface area (Å²) in [5, 5.41) is 44.1. The molecule has 0 bridgehead atoms. The molecule has 0 radical (unpaired) electrons. The van der Waals surface area contributed by atoms with Crippen molar-refractivity contribution in [3.8, 4) is 0 Å². The number of hydrogen-bond acceptors (Lipinski definition) is 15. The molecule has 0 aromatic carbocycles. The summed E-state index contributed by atoms with van der Waals surface area (Å²) in [5.74, 6) is -3.76. The first-order chi connectivity index (χ1) is 43.9. The molecule has 3 aliphatic heterocycles. The molecule has 3 rings (SSSR count). The largest absolute Gasteiger partial charge is 0.356 e. The number of fused-ring (bicyclic) bond motifs is 1. The maximum Gasteiger partial charge on any atom is 0.315 e. The minimum Gasteiger partial charge on any atom is -0.356 e. The number of thioether (sulfide) groups is 1. The Morgan fingerprint density at radius 2 is 0.659 bits per heavy atom. The van der Waals surface area contributed by atoms with Crippen LogP contribution in [0.2, 0.25) is 0 Å². The lowest BCUT2D eigenvalue weighted by Gasteiger charge is -2.28. The average Bonchev–Trinajstić information content (AvgIpc) is 2.17. The molecule has 30 heteroatoms. The fraction of sp³-hybridized carbons (Fsp3) is 0.820. The average molecular weight is 1310 g/mol. The third kappa shape index (κ3) is 35.6. The maximum absolute atomic E-state index is 14.6. The van der Waals surface area contributed by atoms with Crippen LogP contribution < -0.4 is 97.0 Å². The van der Waals surface area contributed by atoms with E-state index < -0.39 is 71.7 Å². The van der Waals surface area contributed by atoms with E-state index in [1.165, 1.54) is 13.8 Å². The van der Waals surface area contributed by atoms with Gasteiger partial charge in [-0.1, -0.05) is 25.7 Å². The van der Waals surface area contributed by atoms with Crippen molar-refractivity contribution in [1.82, 2.24) is 79.8 Å². The van der Waals surface area contributed by atoms with Crippen molar-refractivity contribution in [1.29, 1.82) is 0 Å². The first kappa shape index (κ1) is 79.3. The third-order valence-corrected chi connectivity index (χ3v) is 17.9. The SMILES string of the molecule is C[C@H]1NC(=O)[C@H](CCCCNC(=O)CCCCCNC[NH3+])NC(=O)[C@@H](CCCCNC(=O)CCCC[C@@H]2SCC3NC(=O)NC32)NC(=O)[C@H](CCCCNC(=O)CCCCCNC[NH3+])NC(=O)[C@@H](C)NC(=O)[C@H](CCCCNC(=O)CCCCCNC[NH3+])NC1=O. The van der Waals surface area contributed by atoms with E-state index in [9.17, 15) is 52.7 Å². The standard InChI is InChI=1S/C61H114N18O11S/c1-42-55(84)74-44(22-11-18-34-68-50(80)27-6-3-15-31-65-39-62)57(86)72-43(2)56(85)75-46(24-13-20-36-70-52(82)29-8-5-17-33-67-41-64)59(88)77-47(25-14-21-37-71-53(83)30-10-9-26-49-54-48(38-91-49)78-61(90)79-54)60(89)76-45(58(87)73-42)23-12-19-35-69-51(81)28-7-4-16-32-66-40-63/h42-49,54,65-67H,3-41,62-64H2,1-2H3,(H,68,80)(H,69,81)(H,70,82)(H,71,83)(H,72,86)(H,73,87)(H,74,84)(H,75,85)(H,76,89)(H,77,88)(H2,78,79,90)/p+3/t42-,43-,44+,45+,46+,47-,48?,49+,54?/m1/s1. The molecule has 0 aliphatic carbocycles. The van der Waals surface area contributed by atoms with E-state index in [4.69, 9.17) is 0 Å². The summed E-state index contributed by atoms with van der Waals surface area (Å²) >= 11 is 1.83. The molecule has 0 spiro atoms. The van der Waals surface area contributed by atoms with Gasteiger partial charge in [0.2, 0.25) is 59.1 Å². The van der Waals surface area contributed by atoms with Gasteiger partial charge in [-0.05, 0) is 142 Å². The van der Waals surface area contributed by atoms with E-state index in [0.717, 1.165) is 96.0 Å². The Kier molecular flexibility index (Phi) is 42.5. The predicted octanol–water partition coefficient (Wildman–Crippen LogP) is -3.13. The van der Waals surface area contributed by atoms with Crippen molar-refractivity contribution in [3.63, 3.8) is 0 Å². The number of urea groups is 1. The number of quaternary nitrogens is 3. The molecule has 29 nitrogen and oxygen atoms in total. The van der Waals surface area contributed by atoms with E-state index in [1.807, 2.05) is 11.8 Å². The molecule has 3 heterocycles. The van der Waals surface area contributed by atoms with Crippen molar-refractivity contribution in [3.05, 3.63) is 0 Å². The van der Waals surface area contributed by atoms with Gasteiger partial charge in [0.1, 0.15) is 56.3 Å². The molecule has 3 aliphatic rings. The fourth-order valence-corrected chi connectivity index (χ4v) is 12.5. The van der Waals surface area contributed by atoms with Gasteiger partial charge in [0.15, 0.2) is 0 Å². The second-order valence-electron chi connectivity index (χ2n) is 24.1. The van der Waals surface area contributed by atoms with Crippen LogP contribution in [0.3, 0.4) is 0 Å². The molecule has 0 aromatic rings. The van der Waals surface area contributed by atoms with Crippen LogP contribution in [0.5, 0.6) is 0 Å². The first-order valence-corrected chi connectivity index (χ1v) is 35.1. The molecule has 0 saturated carbocycles. The van der Waals surface area contributed by atoms with Crippen LogP contribution in [0.15, 0.2) is 0 Å². The van der Waals surface area contributed by atoms with Gasteiger partial charge < -0.3 is 81.0 Å². The van der Waals surface area contributed by atoms with Crippen LogP contribution >= 0.6 is 11.8 Å². The topological polar surface area (TPSA) is 451 Å². The molecule has 24 N–H and O–H groups in total. The highest BCUT2D eigenvalue weighted by Crippen LogP contribution is 2.33. The van der Waals surface area contributed by atoms with Gasteiger partial charge >= 0.3 is 6.03 Å². The normalized spacial score (nSPS) is 22.3. The van der Waals surface area contributed by atoms with Crippen molar-refractivity contribution in [2.24, 2.45) is 0 Å². The highest BCUT2D eigenvalue weighted by atomic mass is 32.2. The molecule has 520 valence electrons. The molecule has 3 fully saturated rings. The molecular weight excluding hydrogens is 1190 g/mol. The van der Waals surface area contributed by atoms with Crippen LogP contribution in [0, 0.1) is 0 Å². The Morgan fingerprint density at radius 3 is 1.00 bits per heavy atom. The first-order valence-electron chi connectivity index (χ1n) is 34.0. The second kappa shape index (κ2) is 48.8. The van der Waals surface area contributed by atoms with Crippen molar-refractivity contribution in [2.45, 2.75) is 247 Å². The van der Waals surface area contributed by atoms with Gasteiger partial charge in [0, 0.05) is 82.5 Å². The van der Waals surface area contributed by atoms with Crippen molar-refractivity contribution >= 4 is 76.9 Å². The third-order valence-electron chi connectivity index (χ3n) is 16.4. The monoisotopic (exact) mass is 1310 g/mol. The second-order valence-corrected chi connectivity index (χ2v) is 25.4. The lowest BCUT2D eigenvalue weighted by molar-refractivity contribution is -0.375. The van der Waals surface area contributed by atoms with Crippen LogP contribution in [0.4, 0.5) is 4.79 Å². The van der Waals surface area contributed by atoms with Crippen LogP contribution in [-0.4, -0.2) is 190 Å². The summed E-state index contributed by atoms with van der Waals surface area (Å²) in [6.07, 6.45) is 15.0. The molecule has 91 heavy (non-hydrogen) atoms. The van der Waals surface area contributed by atoms with Gasteiger partial charge in [-0.25, -0.2) is 4.79 Å². The number of carbonyl (C=O) groups excluding carboxylic acids is 11. The summed E-state index contributed by atoms with van der Waals surface area (Å²) < 4.78 is 0. The van der Waals surface area contributed by atoms with Crippen LogP contribution in [-0.2, 0) is 47.9 Å². The Morgan fingerprint density at radius 1 is 0.363 bits per heavy atom. The number of unbranched alkanes of at least 4 members (excludes halogenated alkanes) is 11. The lowest BCUT2D eigenvalue weighted by atomic mass is 10.0. The van der Waals surface area contributed by atoms with Gasteiger partial charge in [0.05, 0.1) is 12.1 Å². The van der Waals surface area contributed by atoms with Gasteiger partial charge in [-0.3, -0.25) is 63.9 Å². The lowest BCUT2D eigenvalue weighted by Crippen LogP contribution is -2.60. The Hall–Kier alpha value is -5.92. The number of carbonyl (C=O) groups is 11. The zero-order valence-electron chi connectivity index (χ0n) is 54.8. The predicted molar refractivity (Wildman–Crippen MR) is 347 cm³/mol. The van der Waals surface area contributed by atoms with Crippen molar-refractivity contribution < 1.29 is 69.9 Å². The van der Waals surface area contributed by atoms with Crippen LogP contribution in [0.25, 0.3) is 0 Å². The zero-order chi connectivity index (χ0) is 66.4. The van der Waals surface area contributed by atoms with Gasteiger partial charge in [-0.2, -0.15) is 11.8 Å². The quantitative estimate of drug-likeness (QED) is 0.0163. The number of amides is 12. The number of hydrogen-bond donors (Lipinski definition) is 18. The highest BCUT2D eigenvalue weighted by molar-refractivity contribution is 8.00. The Labute approximate surface area is 543 Å². The number of nitrogens with one attached hydrogen (secondary N) is 15. The molecule has 9 atom stereocenters. The Bertz CT molecular complexity index is 2170. The molecule has 12 amide bonds. The van der Waals surface area contributed by atoms with E-state index in [1.54, 1.807) is 0 Å². The maximum atomic E-state index is 14.6.